The molecule has 1 aromatic heterocycles. The van der Waals surface area contributed by atoms with E-state index < -0.39 is 0 Å². The molecule has 3 aromatic rings. The minimum absolute atomic E-state index is 0.0909. The zero-order valence-corrected chi connectivity index (χ0v) is 12.1. The van der Waals surface area contributed by atoms with Crippen LogP contribution in [0, 0.1) is 0 Å². The Kier molecular flexibility index (Phi) is 4.05. The number of aryl methyl sites for hydroxylation is 1. The van der Waals surface area contributed by atoms with Gasteiger partial charge in [-0.05, 0) is 30.7 Å². The van der Waals surface area contributed by atoms with E-state index in [1.165, 1.54) is 0 Å². The van der Waals surface area contributed by atoms with Crippen LogP contribution in [0.15, 0.2) is 59.4 Å². The second-order valence-corrected chi connectivity index (χ2v) is 5.07. The molecule has 0 radical (unpaired) electrons. The van der Waals surface area contributed by atoms with Crippen LogP contribution in [0.25, 0.3) is 11.0 Å². The van der Waals surface area contributed by atoms with E-state index in [-0.39, 0.29) is 11.6 Å². The summed E-state index contributed by atoms with van der Waals surface area (Å²) in [6.07, 6.45) is 0.695. The third-order valence-corrected chi connectivity index (χ3v) is 3.56. The lowest BCUT2D eigenvalue weighted by atomic mass is 10.2. The van der Waals surface area contributed by atoms with Crippen LogP contribution in [0.1, 0.15) is 16.8 Å². The van der Waals surface area contributed by atoms with Crippen LogP contribution >= 0.6 is 0 Å². The largest absolute Gasteiger partial charge is 0.352 e. The van der Waals surface area contributed by atoms with Crippen molar-refractivity contribution in [3.8, 4) is 0 Å². The number of para-hydroxylation sites is 2. The molecule has 0 aliphatic carbocycles. The van der Waals surface area contributed by atoms with E-state index in [1.807, 2.05) is 42.5 Å². The number of fused-ring (bicyclic) bond motifs is 1. The van der Waals surface area contributed by atoms with Crippen LogP contribution in [0.3, 0.4) is 0 Å². The average molecular weight is 295 g/mol. The molecule has 5 nitrogen and oxygen atoms in total. The molecule has 0 saturated carbocycles. The summed E-state index contributed by atoms with van der Waals surface area (Å²) in [5.74, 6) is -0.0909. The van der Waals surface area contributed by atoms with E-state index in [4.69, 9.17) is 0 Å². The number of carbonyl (C=O) groups excluding carboxylic acids is 1. The quantitative estimate of drug-likeness (QED) is 0.708. The molecule has 5 heteroatoms. The number of benzene rings is 2. The number of imidazole rings is 1. The van der Waals surface area contributed by atoms with Crippen LogP contribution in [-0.2, 0) is 6.54 Å². The van der Waals surface area contributed by atoms with Crippen LogP contribution in [0.5, 0.6) is 0 Å². The number of rotatable bonds is 5. The van der Waals surface area contributed by atoms with E-state index in [1.54, 1.807) is 16.7 Å². The molecule has 0 bridgehead atoms. The van der Waals surface area contributed by atoms with E-state index in [0.717, 1.165) is 11.0 Å². The summed E-state index contributed by atoms with van der Waals surface area (Å²) < 4.78 is 1.70. The zero-order chi connectivity index (χ0) is 15.4. The van der Waals surface area contributed by atoms with Crippen LogP contribution in [0.2, 0.25) is 0 Å². The van der Waals surface area contributed by atoms with Crippen molar-refractivity contribution in [2.24, 2.45) is 0 Å². The van der Waals surface area contributed by atoms with Gasteiger partial charge < -0.3 is 10.3 Å². The van der Waals surface area contributed by atoms with Gasteiger partial charge in [-0.25, -0.2) is 4.79 Å². The zero-order valence-electron chi connectivity index (χ0n) is 12.1. The number of nitrogens with one attached hydrogen (secondary N) is 2. The highest BCUT2D eigenvalue weighted by molar-refractivity contribution is 5.94. The van der Waals surface area contributed by atoms with Gasteiger partial charge in [0.25, 0.3) is 5.91 Å². The number of aromatic nitrogens is 2. The number of H-pyrrole nitrogens is 1. The van der Waals surface area contributed by atoms with Crippen molar-refractivity contribution in [1.29, 1.82) is 0 Å². The van der Waals surface area contributed by atoms with Gasteiger partial charge in [0.1, 0.15) is 0 Å². The molecule has 3 rings (SSSR count). The van der Waals surface area contributed by atoms with Crippen LogP contribution in [-0.4, -0.2) is 22.0 Å². The van der Waals surface area contributed by atoms with E-state index in [0.29, 0.717) is 25.1 Å². The fourth-order valence-electron chi connectivity index (χ4n) is 2.46. The molecule has 2 N–H and O–H groups in total. The first-order valence-electron chi connectivity index (χ1n) is 7.26. The van der Waals surface area contributed by atoms with E-state index >= 15 is 0 Å². The Bertz CT molecular complexity index is 834. The predicted octanol–water partition coefficient (Wildman–Crippen LogP) is 2.15. The lowest BCUT2D eigenvalue weighted by Crippen LogP contribution is -2.26. The average Bonchev–Trinajstić information content (AvgIpc) is 2.88. The van der Waals surface area contributed by atoms with Gasteiger partial charge in [0.05, 0.1) is 11.0 Å². The molecular weight excluding hydrogens is 278 g/mol. The molecule has 0 aliphatic rings. The van der Waals surface area contributed by atoms with Gasteiger partial charge in [-0.3, -0.25) is 9.36 Å². The number of hydrogen-bond donors (Lipinski definition) is 2. The number of hydrogen-bond acceptors (Lipinski definition) is 2. The third-order valence-electron chi connectivity index (χ3n) is 3.56. The highest BCUT2D eigenvalue weighted by atomic mass is 16.2. The predicted molar refractivity (Wildman–Crippen MR) is 86.0 cm³/mol. The topological polar surface area (TPSA) is 66.9 Å². The normalized spacial score (nSPS) is 10.7. The lowest BCUT2D eigenvalue weighted by molar-refractivity contribution is 0.0953. The van der Waals surface area contributed by atoms with Gasteiger partial charge in [-0.1, -0.05) is 30.3 Å². The molecule has 22 heavy (non-hydrogen) atoms. The van der Waals surface area contributed by atoms with Gasteiger partial charge in [0.2, 0.25) is 0 Å². The second-order valence-electron chi connectivity index (χ2n) is 5.07. The summed E-state index contributed by atoms with van der Waals surface area (Å²) in [6.45, 7) is 1.09. The Hall–Kier alpha value is -2.82. The Labute approximate surface area is 127 Å². The monoisotopic (exact) mass is 295 g/mol. The van der Waals surface area contributed by atoms with Crippen LogP contribution in [0.4, 0.5) is 0 Å². The summed E-state index contributed by atoms with van der Waals surface area (Å²) in [6, 6.07) is 16.7. The van der Waals surface area contributed by atoms with Crippen molar-refractivity contribution in [1.82, 2.24) is 14.9 Å². The Morgan fingerprint density at radius 1 is 1.05 bits per heavy atom. The van der Waals surface area contributed by atoms with Gasteiger partial charge in [0, 0.05) is 18.7 Å². The number of aromatic amines is 1. The highest BCUT2D eigenvalue weighted by Crippen LogP contribution is 2.09. The molecule has 1 heterocycles. The standard InChI is InChI=1S/C17H17N3O2/c21-16(13-7-2-1-3-8-13)18-11-6-12-20-15-10-5-4-9-14(15)19-17(20)22/h1-5,7-10H,6,11-12H2,(H,18,21)(H,19,22). The molecule has 0 spiro atoms. The third kappa shape index (κ3) is 2.93. The Morgan fingerprint density at radius 2 is 1.77 bits per heavy atom. The van der Waals surface area contributed by atoms with Crippen molar-refractivity contribution in [2.45, 2.75) is 13.0 Å². The number of carbonyl (C=O) groups is 1. The van der Waals surface area contributed by atoms with E-state index in [9.17, 15) is 9.59 Å². The minimum atomic E-state index is -0.115. The van der Waals surface area contributed by atoms with Gasteiger partial charge >= 0.3 is 5.69 Å². The highest BCUT2D eigenvalue weighted by Gasteiger charge is 2.06. The SMILES string of the molecule is O=C(NCCCn1c(=O)[nH]c2ccccc21)c1ccccc1. The lowest BCUT2D eigenvalue weighted by Gasteiger charge is -2.06. The minimum Gasteiger partial charge on any atom is -0.352 e. The van der Waals surface area contributed by atoms with Crippen molar-refractivity contribution in [2.75, 3.05) is 6.54 Å². The van der Waals surface area contributed by atoms with Crippen molar-refractivity contribution < 1.29 is 4.79 Å². The van der Waals surface area contributed by atoms with Crippen LogP contribution < -0.4 is 11.0 Å². The number of amides is 1. The molecule has 0 unspecified atom stereocenters. The van der Waals surface area contributed by atoms with Crippen molar-refractivity contribution in [3.05, 3.63) is 70.6 Å². The first-order valence-corrected chi connectivity index (χ1v) is 7.26. The summed E-state index contributed by atoms with van der Waals surface area (Å²) >= 11 is 0. The van der Waals surface area contributed by atoms with Gasteiger partial charge in [-0.15, -0.1) is 0 Å². The summed E-state index contributed by atoms with van der Waals surface area (Å²) in [7, 11) is 0. The second kappa shape index (κ2) is 6.30. The fourth-order valence-corrected chi connectivity index (χ4v) is 2.46. The molecule has 0 atom stereocenters. The maximum Gasteiger partial charge on any atom is 0.326 e. The maximum atomic E-state index is 11.9. The molecule has 0 saturated heterocycles. The fraction of sp³-hybridized carbons (Fsp3) is 0.176. The molecular formula is C17H17N3O2. The first-order chi connectivity index (χ1) is 10.8. The van der Waals surface area contributed by atoms with E-state index in [2.05, 4.69) is 10.3 Å². The molecule has 1 amide bonds. The molecule has 0 fully saturated rings. The molecule has 2 aromatic carbocycles. The van der Waals surface area contributed by atoms with Crippen molar-refractivity contribution >= 4 is 16.9 Å². The Balaban J connectivity index is 1.58. The number of nitrogens with zero attached hydrogens (tertiary/aromatic N) is 1. The molecule has 0 aliphatic heterocycles. The van der Waals surface area contributed by atoms with Gasteiger partial charge in [0.15, 0.2) is 0 Å². The molecule has 112 valence electrons. The first kappa shape index (κ1) is 14.1. The maximum absolute atomic E-state index is 11.9. The summed E-state index contributed by atoms with van der Waals surface area (Å²) in [5.41, 5.74) is 2.25. The summed E-state index contributed by atoms with van der Waals surface area (Å²) in [5, 5.41) is 2.86. The van der Waals surface area contributed by atoms with Crippen molar-refractivity contribution in [3.63, 3.8) is 0 Å². The Morgan fingerprint density at radius 3 is 2.59 bits per heavy atom. The van der Waals surface area contributed by atoms with Gasteiger partial charge in [-0.2, -0.15) is 0 Å². The summed E-state index contributed by atoms with van der Waals surface area (Å²) in [4.78, 5) is 26.6. The smallest absolute Gasteiger partial charge is 0.326 e.